The van der Waals surface area contributed by atoms with E-state index in [1.54, 1.807) is 23.0 Å². The quantitative estimate of drug-likeness (QED) is 0.606. The molecule has 0 fully saturated rings. The van der Waals surface area contributed by atoms with Gasteiger partial charge in [0.2, 0.25) is 0 Å². The summed E-state index contributed by atoms with van der Waals surface area (Å²) in [7, 11) is 1.86. The molecule has 0 aliphatic rings. The Kier molecular flexibility index (Phi) is 3.45. The standard InChI is InChI=1S/C17H15FN6/c1-24-9-12(8-22-24)15(11-2-4-13(18)5-3-11)23-17-14-6-7-19-16(14)20-10-21-17/h2-10,15H,1H3,(H2,19,20,21,23)/t15-/m0/s1. The molecule has 0 spiro atoms. The van der Waals surface area contributed by atoms with Crippen LogP contribution in [0, 0.1) is 5.82 Å². The van der Waals surface area contributed by atoms with Crippen molar-refractivity contribution < 1.29 is 4.39 Å². The largest absolute Gasteiger partial charge is 0.358 e. The van der Waals surface area contributed by atoms with Gasteiger partial charge in [-0.1, -0.05) is 12.1 Å². The van der Waals surface area contributed by atoms with E-state index in [4.69, 9.17) is 0 Å². The molecule has 0 saturated heterocycles. The van der Waals surface area contributed by atoms with Crippen LogP contribution in [-0.2, 0) is 7.05 Å². The Morgan fingerprint density at radius 3 is 2.71 bits per heavy atom. The van der Waals surface area contributed by atoms with Crippen molar-refractivity contribution in [3.05, 3.63) is 72.2 Å². The van der Waals surface area contributed by atoms with Gasteiger partial charge in [-0.15, -0.1) is 0 Å². The molecule has 3 aromatic heterocycles. The second kappa shape index (κ2) is 5.77. The Morgan fingerprint density at radius 2 is 1.96 bits per heavy atom. The summed E-state index contributed by atoms with van der Waals surface area (Å²) in [5.74, 6) is 0.443. The Labute approximate surface area is 137 Å². The minimum atomic E-state index is -0.265. The van der Waals surface area contributed by atoms with Crippen LogP contribution in [0.25, 0.3) is 11.0 Å². The Balaban J connectivity index is 1.78. The van der Waals surface area contributed by atoms with Gasteiger partial charge >= 0.3 is 0 Å². The fraction of sp³-hybridized carbons (Fsp3) is 0.118. The van der Waals surface area contributed by atoms with Crippen molar-refractivity contribution in [2.45, 2.75) is 6.04 Å². The number of hydrogen-bond acceptors (Lipinski definition) is 4. The molecule has 2 N–H and O–H groups in total. The molecule has 7 heteroatoms. The average molecular weight is 322 g/mol. The molecule has 0 saturated carbocycles. The van der Waals surface area contributed by atoms with Crippen molar-refractivity contribution in [1.29, 1.82) is 0 Å². The van der Waals surface area contributed by atoms with Gasteiger partial charge < -0.3 is 10.3 Å². The van der Waals surface area contributed by atoms with Crippen molar-refractivity contribution in [2.75, 3.05) is 5.32 Å². The van der Waals surface area contributed by atoms with E-state index in [-0.39, 0.29) is 11.9 Å². The predicted molar refractivity (Wildman–Crippen MR) is 89.0 cm³/mol. The van der Waals surface area contributed by atoms with Crippen LogP contribution < -0.4 is 5.32 Å². The third kappa shape index (κ3) is 2.60. The van der Waals surface area contributed by atoms with Crippen LogP contribution in [-0.4, -0.2) is 24.7 Å². The van der Waals surface area contributed by atoms with Crippen LogP contribution in [0.15, 0.2) is 55.2 Å². The van der Waals surface area contributed by atoms with Crippen LogP contribution >= 0.6 is 0 Å². The van der Waals surface area contributed by atoms with E-state index < -0.39 is 0 Å². The zero-order valence-corrected chi connectivity index (χ0v) is 12.9. The number of benzene rings is 1. The van der Waals surface area contributed by atoms with Crippen molar-refractivity contribution >= 4 is 16.9 Å². The van der Waals surface area contributed by atoms with Gasteiger partial charge in [-0.2, -0.15) is 5.10 Å². The van der Waals surface area contributed by atoms with Crippen LogP contribution in [0.5, 0.6) is 0 Å². The summed E-state index contributed by atoms with van der Waals surface area (Å²) in [6.45, 7) is 0. The van der Waals surface area contributed by atoms with E-state index in [0.717, 1.165) is 22.2 Å². The van der Waals surface area contributed by atoms with Crippen molar-refractivity contribution in [2.24, 2.45) is 7.05 Å². The number of aryl methyl sites for hydroxylation is 1. The highest BCUT2D eigenvalue weighted by atomic mass is 19.1. The van der Waals surface area contributed by atoms with Gasteiger partial charge in [0, 0.05) is 25.0 Å². The molecule has 0 unspecified atom stereocenters. The zero-order valence-electron chi connectivity index (χ0n) is 12.9. The zero-order chi connectivity index (χ0) is 16.5. The van der Waals surface area contributed by atoms with Gasteiger partial charge in [0.25, 0.3) is 0 Å². The lowest BCUT2D eigenvalue weighted by Gasteiger charge is -2.19. The normalized spacial score (nSPS) is 12.4. The first-order chi connectivity index (χ1) is 11.7. The minimum Gasteiger partial charge on any atom is -0.358 e. The van der Waals surface area contributed by atoms with E-state index in [9.17, 15) is 4.39 Å². The van der Waals surface area contributed by atoms with Crippen LogP contribution in [0.2, 0.25) is 0 Å². The Morgan fingerprint density at radius 1 is 1.12 bits per heavy atom. The molecule has 24 heavy (non-hydrogen) atoms. The molecule has 6 nitrogen and oxygen atoms in total. The third-order valence-electron chi connectivity index (χ3n) is 3.90. The molecule has 0 aliphatic carbocycles. The Hall–Kier alpha value is -3.22. The van der Waals surface area contributed by atoms with E-state index in [2.05, 4.69) is 25.4 Å². The maximum absolute atomic E-state index is 13.3. The molecular weight excluding hydrogens is 307 g/mol. The first-order valence-electron chi connectivity index (χ1n) is 7.49. The molecule has 3 heterocycles. The van der Waals surface area contributed by atoms with Gasteiger partial charge in [-0.25, -0.2) is 14.4 Å². The van der Waals surface area contributed by atoms with E-state index in [1.807, 2.05) is 25.5 Å². The number of fused-ring (bicyclic) bond motifs is 1. The lowest BCUT2D eigenvalue weighted by atomic mass is 10.0. The number of nitrogens with zero attached hydrogens (tertiary/aromatic N) is 4. The highest BCUT2D eigenvalue weighted by Crippen LogP contribution is 2.28. The fourth-order valence-corrected chi connectivity index (χ4v) is 2.73. The Bertz CT molecular complexity index is 972. The predicted octanol–water partition coefficient (Wildman–Crippen LogP) is 3.03. The number of halogens is 1. The summed E-state index contributed by atoms with van der Waals surface area (Å²) in [5.41, 5.74) is 2.65. The molecule has 0 radical (unpaired) electrons. The van der Waals surface area contributed by atoms with Crippen LogP contribution in [0.1, 0.15) is 17.2 Å². The van der Waals surface area contributed by atoms with Crippen LogP contribution in [0.3, 0.4) is 0 Å². The molecular formula is C17H15FN6. The van der Waals surface area contributed by atoms with Gasteiger partial charge in [0.05, 0.1) is 17.6 Å². The molecule has 1 aromatic carbocycles. The number of H-pyrrole nitrogens is 1. The summed E-state index contributed by atoms with van der Waals surface area (Å²) in [6.07, 6.45) is 7.04. The van der Waals surface area contributed by atoms with Crippen LogP contribution in [0.4, 0.5) is 10.2 Å². The number of rotatable bonds is 4. The van der Waals surface area contributed by atoms with E-state index >= 15 is 0 Å². The van der Waals surface area contributed by atoms with Gasteiger partial charge in [-0.3, -0.25) is 4.68 Å². The second-order valence-corrected chi connectivity index (χ2v) is 5.54. The third-order valence-corrected chi connectivity index (χ3v) is 3.90. The van der Waals surface area contributed by atoms with Gasteiger partial charge in [-0.05, 0) is 23.8 Å². The number of nitrogens with one attached hydrogen (secondary N) is 2. The molecule has 0 amide bonds. The monoisotopic (exact) mass is 322 g/mol. The lowest BCUT2D eigenvalue weighted by Crippen LogP contribution is -2.13. The maximum atomic E-state index is 13.3. The summed E-state index contributed by atoms with van der Waals surface area (Å²) in [5, 5.41) is 8.56. The fourth-order valence-electron chi connectivity index (χ4n) is 2.73. The van der Waals surface area contributed by atoms with Crippen molar-refractivity contribution in [1.82, 2.24) is 24.7 Å². The van der Waals surface area contributed by atoms with E-state index in [1.165, 1.54) is 18.5 Å². The molecule has 120 valence electrons. The highest BCUT2D eigenvalue weighted by molar-refractivity contribution is 5.86. The smallest absolute Gasteiger partial charge is 0.142 e. The molecule has 0 bridgehead atoms. The van der Waals surface area contributed by atoms with E-state index in [0.29, 0.717) is 5.82 Å². The lowest BCUT2D eigenvalue weighted by molar-refractivity contribution is 0.626. The highest BCUT2D eigenvalue weighted by Gasteiger charge is 2.18. The first kappa shape index (κ1) is 14.4. The van der Waals surface area contributed by atoms with Gasteiger partial charge in [0.1, 0.15) is 23.6 Å². The second-order valence-electron chi connectivity index (χ2n) is 5.54. The first-order valence-corrected chi connectivity index (χ1v) is 7.49. The SMILES string of the molecule is Cn1cc([C@@H](Nc2ncnc3[nH]ccc23)c2ccc(F)cc2)cn1. The molecule has 4 aromatic rings. The summed E-state index contributed by atoms with van der Waals surface area (Å²) in [4.78, 5) is 11.6. The minimum absolute atomic E-state index is 0.202. The number of hydrogen-bond donors (Lipinski definition) is 2. The summed E-state index contributed by atoms with van der Waals surface area (Å²) < 4.78 is 15.0. The summed E-state index contributed by atoms with van der Waals surface area (Å²) in [6, 6.07) is 8.14. The molecule has 1 atom stereocenters. The number of anilines is 1. The maximum Gasteiger partial charge on any atom is 0.142 e. The van der Waals surface area contributed by atoms with Crippen molar-refractivity contribution in [3.8, 4) is 0 Å². The van der Waals surface area contributed by atoms with Gasteiger partial charge in [0.15, 0.2) is 0 Å². The topological polar surface area (TPSA) is 71.4 Å². The van der Waals surface area contributed by atoms with Crippen molar-refractivity contribution in [3.63, 3.8) is 0 Å². The summed E-state index contributed by atoms with van der Waals surface area (Å²) >= 11 is 0. The number of aromatic amines is 1. The number of aromatic nitrogens is 5. The molecule has 4 rings (SSSR count). The molecule has 0 aliphatic heterocycles. The average Bonchev–Trinajstić information content (AvgIpc) is 3.23.